The normalized spacial score (nSPS) is 35.3. The molecule has 0 heterocycles. The summed E-state index contributed by atoms with van der Waals surface area (Å²) < 4.78 is 44.4. The molecule has 4 fully saturated rings. The third-order valence-electron chi connectivity index (χ3n) is 5.87. The summed E-state index contributed by atoms with van der Waals surface area (Å²) in [5.74, 6) is 2.89. The molecule has 0 N–H and O–H groups in total. The molecule has 4 saturated carbocycles. The van der Waals surface area contributed by atoms with Crippen LogP contribution in [0.4, 0.5) is 13.2 Å². The molecule has 0 unspecified atom stereocenters. The van der Waals surface area contributed by atoms with Crippen LogP contribution in [0, 0.1) is 23.7 Å². The molecule has 0 aliphatic heterocycles. The molecule has 23 heavy (non-hydrogen) atoms. The van der Waals surface area contributed by atoms with E-state index in [1.165, 1.54) is 12.5 Å². The second kappa shape index (κ2) is 5.25. The predicted molar refractivity (Wildman–Crippen MR) is 78.3 cm³/mol. The first-order valence-electron chi connectivity index (χ1n) is 8.27. The maximum atomic E-state index is 12.8. The molecular weight excluding hydrogens is 305 g/mol. The summed E-state index contributed by atoms with van der Waals surface area (Å²) in [5, 5.41) is 0. The topological polar surface area (TPSA) is 26.3 Å². The van der Waals surface area contributed by atoms with E-state index < -0.39 is 11.7 Å². The molecule has 4 bridgehead atoms. The fourth-order valence-corrected chi connectivity index (χ4v) is 5.14. The van der Waals surface area contributed by atoms with Crippen LogP contribution in [0.2, 0.25) is 0 Å². The highest BCUT2D eigenvalue weighted by molar-refractivity contribution is 5.79. The minimum absolute atomic E-state index is 0.00590. The van der Waals surface area contributed by atoms with Gasteiger partial charge in [0.05, 0.1) is 11.1 Å². The molecule has 0 amide bonds. The van der Waals surface area contributed by atoms with Crippen molar-refractivity contribution in [3.8, 4) is 5.75 Å². The molecule has 5 rings (SSSR count). The third-order valence-corrected chi connectivity index (χ3v) is 5.87. The molecule has 0 spiro atoms. The molecule has 0 saturated heterocycles. The summed E-state index contributed by atoms with van der Waals surface area (Å²) in [6.07, 6.45) is 2.05. The first-order valence-corrected chi connectivity index (χ1v) is 8.27. The lowest BCUT2D eigenvalue weighted by molar-refractivity contribution is -0.137. The van der Waals surface area contributed by atoms with Gasteiger partial charge in [-0.2, -0.15) is 13.2 Å². The van der Waals surface area contributed by atoms with E-state index in [2.05, 4.69) is 0 Å². The maximum absolute atomic E-state index is 12.8. The average Bonchev–Trinajstić information content (AvgIpc) is 2.49. The summed E-state index contributed by atoms with van der Waals surface area (Å²) in [6.45, 7) is 0. The largest absolute Gasteiger partial charge is 0.489 e. The Bertz CT molecular complexity index is 595. The maximum Gasteiger partial charge on any atom is 0.416 e. The molecule has 1 aromatic carbocycles. The number of ether oxygens (including phenoxy) is 1. The van der Waals surface area contributed by atoms with Crippen LogP contribution < -0.4 is 4.74 Å². The number of benzene rings is 1. The minimum Gasteiger partial charge on any atom is -0.489 e. The van der Waals surface area contributed by atoms with E-state index in [1.54, 1.807) is 0 Å². The highest BCUT2D eigenvalue weighted by Crippen LogP contribution is 2.54. The lowest BCUT2D eigenvalue weighted by atomic mass is 9.55. The van der Waals surface area contributed by atoms with E-state index in [9.17, 15) is 18.0 Å². The van der Waals surface area contributed by atoms with Gasteiger partial charge in [0, 0.05) is 0 Å². The van der Waals surface area contributed by atoms with Crippen LogP contribution in [0.3, 0.4) is 0 Å². The van der Waals surface area contributed by atoms with Crippen LogP contribution in [-0.2, 0) is 6.18 Å². The fourth-order valence-electron chi connectivity index (χ4n) is 5.14. The van der Waals surface area contributed by atoms with Crippen molar-refractivity contribution in [1.82, 2.24) is 0 Å². The quantitative estimate of drug-likeness (QED) is 0.752. The van der Waals surface area contributed by atoms with Gasteiger partial charge in [-0.1, -0.05) is 0 Å². The van der Waals surface area contributed by atoms with Crippen molar-refractivity contribution in [3.63, 3.8) is 0 Å². The summed E-state index contributed by atoms with van der Waals surface area (Å²) in [7, 11) is 0. The Hall–Kier alpha value is -1.52. The van der Waals surface area contributed by atoms with Crippen LogP contribution in [0.15, 0.2) is 18.2 Å². The van der Waals surface area contributed by atoms with Crippen molar-refractivity contribution in [1.29, 1.82) is 0 Å². The van der Waals surface area contributed by atoms with E-state index in [0.717, 1.165) is 49.7 Å². The number of carbonyl (C=O) groups is 1. The second-order valence-corrected chi connectivity index (χ2v) is 7.38. The van der Waals surface area contributed by atoms with E-state index >= 15 is 0 Å². The van der Waals surface area contributed by atoms with Crippen molar-refractivity contribution in [3.05, 3.63) is 29.3 Å². The zero-order chi connectivity index (χ0) is 16.2. The first kappa shape index (κ1) is 15.0. The van der Waals surface area contributed by atoms with Gasteiger partial charge in [0.25, 0.3) is 0 Å². The first-order chi connectivity index (χ1) is 10.9. The van der Waals surface area contributed by atoms with Gasteiger partial charge in [0.2, 0.25) is 0 Å². The number of hydrogen-bond donors (Lipinski definition) is 0. The van der Waals surface area contributed by atoms with Gasteiger partial charge in [0.1, 0.15) is 11.9 Å². The summed E-state index contributed by atoms with van der Waals surface area (Å²) in [5.41, 5.74) is -0.814. The molecule has 4 aliphatic rings. The Labute approximate surface area is 133 Å². The molecule has 124 valence electrons. The minimum atomic E-state index is -4.45. The van der Waals surface area contributed by atoms with Gasteiger partial charge in [-0.05, 0) is 74.0 Å². The summed E-state index contributed by atoms with van der Waals surface area (Å²) >= 11 is 0. The highest BCUT2D eigenvalue weighted by atomic mass is 19.4. The summed E-state index contributed by atoms with van der Waals surface area (Å²) in [4.78, 5) is 11.2. The van der Waals surface area contributed by atoms with Crippen molar-refractivity contribution in [2.45, 2.75) is 44.4 Å². The van der Waals surface area contributed by atoms with Gasteiger partial charge < -0.3 is 4.74 Å². The van der Waals surface area contributed by atoms with Crippen molar-refractivity contribution in [2.24, 2.45) is 23.7 Å². The molecular formula is C18H19F3O2. The van der Waals surface area contributed by atoms with E-state index in [1.807, 2.05) is 0 Å². The second-order valence-electron chi connectivity index (χ2n) is 7.38. The van der Waals surface area contributed by atoms with Gasteiger partial charge in [-0.15, -0.1) is 0 Å². The zero-order valence-corrected chi connectivity index (χ0v) is 12.7. The molecule has 0 aromatic heterocycles. The van der Waals surface area contributed by atoms with E-state index in [0.29, 0.717) is 23.9 Å². The average molecular weight is 324 g/mol. The number of aldehydes is 1. The smallest absolute Gasteiger partial charge is 0.416 e. The number of alkyl halides is 3. The number of hydrogen-bond acceptors (Lipinski definition) is 2. The monoisotopic (exact) mass is 324 g/mol. The Balaban J connectivity index is 1.58. The molecule has 5 heteroatoms. The van der Waals surface area contributed by atoms with Crippen LogP contribution in [0.1, 0.15) is 48.0 Å². The number of halogens is 3. The van der Waals surface area contributed by atoms with E-state index in [-0.39, 0.29) is 11.7 Å². The lowest BCUT2D eigenvalue weighted by Gasteiger charge is -2.53. The number of carbonyl (C=O) groups excluding carboxylic acids is 1. The van der Waals surface area contributed by atoms with Crippen molar-refractivity contribution in [2.75, 3.05) is 0 Å². The molecule has 2 nitrogen and oxygen atoms in total. The zero-order valence-electron chi connectivity index (χ0n) is 12.7. The van der Waals surface area contributed by atoms with Gasteiger partial charge in [-0.25, -0.2) is 0 Å². The number of rotatable bonds is 3. The van der Waals surface area contributed by atoms with Crippen LogP contribution in [0.5, 0.6) is 5.75 Å². The summed E-state index contributed by atoms with van der Waals surface area (Å²) in [6, 6.07) is 3.19. The molecule has 1 aromatic rings. The van der Waals surface area contributed by atoms with Gasteiger partial charge >= 0.3 is 6.18 Å². The van der Waals surface area contributed by atoms with Crippen LogP contribution in [0.25, 0.3) is 0 Å². The standard InChI is InChI=1S/C18H19F3O2/c19-18(20,21)15-1-2-16(14(8-15)9-22)23-17-12-4-10-3-11(6-12)7-13(17)5-10/h1-2,8-13,17H,3-7H2. The van der Waals surface area contributed by atoms with Gasteiger partial charge in [0.15, 0.2) is 6.29 Å². The molecule has 0 radical (unpaired) electrons. The van der Waals surface area contributed by atoms with E-state index in [4.69, 9.17) is 4.74 Å². The Morgan fingerprint density at radius 3 is 2.13 bits per heavy atom. The molecule has 4 aliphatic carbocycles. The Kier molecular flexibility index (Phi) is 3.43. The Morgan fingerprint density at radius 1 is 1.00 bits per heavy atom. The van der Waals surface area contributed by atoms with Crippen molar-refractivity contribution >= 4 is 6.29 Å². The highest BCUT2D eigenvalue weighted by Gasteiger charge is 2.49. The van der Waals surface area contributed by atoms with Crippen molar-refractivity contribution < 1.29 is 22.7 Å². The SMILES string of the molecule is O=Cc1cc(C(F)(F)F)ccc1OC1C2CC3CC(C2)CC1C3. The Morgan fingerprint density at radius 2 is 1.61 bits per heavy atom. The predicted octanol–water partition coefficient (Wildman–Crippen LogP) is 4.72. The molecule has 0 atom stereocenters. The van der Waals surface area contributed by atoms with Gasteiger partial charge in [-0.3, -0.25) is 4.79 Å². The fraction of sp³-hybridized carbons (Fsp3) is 0.611. The lowest BCUT2D eigenvalue weighted by Crippen LogP contribution is -2.50. The van der Waals surface area contributed by atoms with Crippen LogP contribution in [-0.4, -0.2) is 12.4 Å². The third kappa shape index (κ3) is 2.64. The van der Waals surface area contributed by atoms with Crippen LogP contribution >= 0.6 is 0 Å².